The number of pyridine rings is 1. The molecule has 0 aliphatic rings. The summed E-state index contributed by atoms with van der Waals surface area (Å²) in [6.07, 6.45) is 1.86. The fourth-order valence-corrected chi connectivity index (χ4v) is 3.74. The zero-order chi connectivity index (χ0) is 15.1. The molecule has 0 bridgehead atoms. The van der Waals surface area contributed by atoms with Crippen LogP contribution < -0.4 is 0 Å². The van der Waals surface area contributed by atoms with Gasteiger partial charge < -0.3 is 0 Å². The van der Waals surface area contributed by atoms with Gasteiger partial charge >= 0.3 is 0 Å². The van der Waals surface area contributed by atoms with E-state index in [9.17, 15) is 0 Å². The monoisotopic (exact) mass is 304 g/mol. The van der Waals surface area contributed by atoms with Crippen LogP contribution in [0.2, 0.25) is 0 Å². The first kappa shape index (κ1) is 13.4. The molecule has 0 aliphatic carbocycles. The van der Waals surface area contributed by atoms with Crippen molar-refractivity contribution in [2.24, 2.45) is 0 Å². The predicted octanol–water partition coefficient (Wildman–Crippen LogP) is 5.63. The van der Waals surface area contributed by atoms with Gasteiger partial charge in [-0.2, -0.15) is 0 Å². The second kappa shape index (κ2) is 5.18. The van der Waals surface area contributed by atoms with Crippen molar-refractivity contribution in [2.75, 3.05) is 0 Å². The van der Waals surface area contributed by atoms with E-state index < -0.39 is 0 Å². The topological polar surface area (TPSA) is 25.8 Å². The molecule has 4 rings (SSSR count). The molecule has 0 saturated heterocycles. The zero-order valence-electron chi connectivity index (χ0n) is 12.6. The highest BCUT2D eigenvalue weighted by Gasteiger charge is 2.13. The molecule has 4 aromatic rings. The van der Waals surface area contributed by atoms with Gasteiger partial charge in [0.15, 0.2) is 0 Å². The first-order valence-electron chi connectivity index (χ1n) is 7.47. The lowest BCUT2D eigenvalue weighted by Gasteiger charge is -2.04. The summed E-state index contributed by atoms with van der Waals surface area (Å²) in [5, 5.41) is 3.67. The zero-order valence-corrected chi connectivity index (χ0v) is 13.4. The minimum absolute atomic E-state index is 0.446. The van der Waals surface area contributed by atoms with E-state index in [4.69, 9.17) is 4.98 Å². The van der Waals surface area contributed by atoms with E-state index in [0.717, 1.165) is 16.8 Å². The Morgan fingerprint density at radius 1 is 0.955 bits per heavy atom. The normalized spacial score (nSPS) is 11.6. The number of hydrogen-bond acceptors (Lipinski definition) is 3. The van der Waals surface area contributed by atoms with Crippen LogP contribution in [0.3, 0.4) is 0 Å². The van der Waals surface area contributed by atoms with Crippen molar-refractivity contribution in [1.29, 1.82) is 0 Å². The van der Waals surface area contributed by atoms with Crippen molar-refractivity contribution in [3.05, 3.63) is 59.7 Å². The molecule has 2 aromatic carbocycles. The maximum Gasteiger partial charge on any atom is 0.0964 e. The lowest BCUT2D eigenvalue weighted by atomic mass is 10.0. The Morgan fingerprint density at radius 2 is 1.77 bits per heavy atom. The summed E-state index contributed by atoms with van der Waals surface area (Å²) in [6, 6.07) is 17.0. The van der Waals surface area contributed by atoms with Crippen LogP contribution in [0.15, 0.2) is 54.7 Å². The third-order valence-electron chi connectivity index (χ3n) is 3.84. The molecule has 0 fully saturated rings. The molecule has 0 aliphatic heterocycles. The lowest BCUT2D eigenvalue weighted by Crippen LogP contribution is -1.84. The number of thiazole rings is 1. The number of fused-ring (bicyclic) bond motifs is 2. The molecule has 0 radical (unpaired) electrons. The van der Waals surface area contributed by atoms with Crippen molar-refractivity contribution in [2.45, 2.75) is 19.8 Å². The Hall–Kier alpha value is -2.26. The molecule has 0 N–H and O–H groups in total. The van der Waals surface area contributed by atoms with Gasteiger partial charge in [-0.15, -0.1) is 11.3 Å². The fraction of sp³-hybridized carbons (Fsp3) is 0.158. The van der Waals surface area contributed by atoms with E-state index in [-0.39, 0.29) is 0 Å². The molecule has 0 saturated carbocycles. The quantitative estimate of drug-likeness (QED) is 0.479. The molecule has 2 heterocycles. The first-order valence-corrected chi connectivity index (χ1v) is 8.28. The van der Waals surface area contributed by atoms with Crippen LogP contribution in [0.25, 0.3) is 32.2 Å². The van der Waals surface area contributed by atoms with Crippen molar-refractivity contribution < 1.29 is 0 Å². The van der Waals surface area contributed by atoms with Crippen LogP contribution in [-0.2, 0) is 0 Å². The van der Waals surface area contributed by atoms with Gasteiger partial charge in [0.2, 0.25) is 0 Å². The highest BCUT2D eigenvalue weighted by Crippen LogP contribution is 2.34. The van der Waals surface area contributed by atoms with Crippen molar-refractivity contribution in [3.8, 4) is 11.3 Å². The predicted molar refractivity (Wildman–Crippen MR) is 94.4 cm³/mol. The SMILES string of the molecule is CC(C)c1nc2ccnc(-c3ccc4ccccc4c3)c2s1. The van der Waals surface area contributed by atoms with Gasteiger partial charge in [-0.1, -0.05) is 50.2 Å². The summed E-state index contributed by atoms with van der Waals surface area (Å²) in [6.45, 7) is 4.36. The first-order chi connectivity index (χ1) is 10.7. The number of hydrogen-bond donors (Lipinski definition) is 0. The summed E-state index contributed by atoms with van der Waals surface area (Å²) in [4.78, 5) is 9.37. The third-order valence-corrected chi connectivity index (χ3v) is 5.22. The fourth-order valence-electron chi connectivity index (χ4n) is 2.66. The van der Waals surface area contributed by atoms with E-state index in [1.807, 2.05) is 12.3 Å². The third kappa shape index (κ3) is 2.18. The van der Waals surface area contributed by atoms with Gasteiger partial charge in [-0.3, -0.25) is 4.98 Å². The largest absolute Gasteiger partial charge is 0.255 e. The smallest absolute Gasteiger partial charge is 0.0964 e. The second-order valence-corrected chi connectivity index (χ2v) is 6.81. The van der Waals surface area contributed by atoms with E-state index >= 15 is 0 Å². The number of rotatable bonds is 2. The molecular formula is C19H16N2S. The molecule has 2 nitrogen and oxygen atoms in total. The second-order valence-electron chi connectivity index (χ2n) is 5.78. The molecule has 0 unspecified atom stereocenters. The van der Waals surface area contributed by atoms with Crippen molar-refractivity contribution in [1.82, 2.24) is 9.97 Å². The van der Waals surface area contributed by atoms with Gasteiger partial charge in [0.1, 0.15) is 0 Å². The van der Waals surface area contributed by atoms with E-state index in [2.05, 4.69) is 61.3 Å². The van der Waals surface area contributed by atoms with E-state index in [1.165, 1.54) is 20.5 Å². The van der Waals surface area contributed by atoms with Crippen LogP contribution >= 0.6 is 11.3 Å². The lowest BCUT2D eigenvalue weighted by molar-refractivity contribution is 0.857. The molecule has 3 heteroatoms. The molecule has 22 heavy (non-hydrogen) atoms. The number of aromatic nitrogens is 2. The van der Waals surface area contributed by atoms with Gasteiger partial charge in [0.05, 0.1) is 20.9 Å². The van der Waals surface area contributed by atoms with E-state index in [1.54, 1.807) is 11.3 Å². The molecule has 0 spiro atoms. The van der Waals surface area contributed by atoms with Crippen LogP contribution in [0, 0.1) is 0 Å². The summed E-state index contributed by atoms with van der Waals surface area (Å²) in [5.41, 5.74) is 3.24. The highest BCUT2D eigenvalue weighted by atomic mass is 32.1. The molecule has 0 amide bonds. The molecule has 108 valence electrons. The van der Waals surface area contributed by atoms with Crippen molar-refractivity contribution >= 4 is 32.3 Å². The number of benzene rings is 2. The van der Waals surface area contributed by atoms with Crippen LogP contribution in [-0.4, -0.2) is 9.97 Å². The Bertz CT molecular complexity index is 969. The minimum Gasteiger partial charge on any atom is -0.255 e. The maximum atomic E-state index is 4.74. The molecular weight excluding hydrogens is 288 g/mol. The maximum absolute atomic E-state index is 4.74. The Morgan fingerprint density at radius 3 is 2.59 bits per heavy atom. The Balaban J connectivity index is 1.95. The Kier molecular flexibility index (Phi) is 3.16. The standard InChI is InChI=1S/C19H16N2S/c1-12(2)19-21-16-9-10-20-17(18(16)22-19)15-8-7-13-5-3-4-6-14(13)11-15/h3-12H,1-2H3. The van der Waals surface area contributed by atoms with Gasteiger partial charge in [-0.05, 0) is 22.9 Å². The van der Waals surface area contributed by atoms with Crippen LogP contribution in [0.5, 0.6) is 0 Å². The van der Waals surface area contributed by atoms with Gasteiger partial charge in [0.25, 0.3) is 0 Å². The van der Waals surface area contributed by atoms with E-state index in [0.29, 0.717) is 5.92 Å². The highest BCUT2D eigenvalue weighted by molar-refractivity contribution is 7.19. The van der Waals surface area contributed by atoms with Crippen LogP contribution in [0.4, 0.5) is 0 Å². The molecule has 2 aromatic heterocycles. The van der Waals surface area contributed by atoms with Crippen LogP contribution in [0.1, 0.15) is 24.8 Å². The molecule has 0 atom stereocenters. The summed E-state index contributed by atoms with van der Waals surface area (Å²) in [5.74, 6) is 0.446. The van der Waals surface area contributed by atoms with Gasteiger partial charge in [0, 0.05) is 17.7 Å². The average molecular weight is 304 g/mol. The Labute approximate surface area is 133 Å². The minimum atomic E-state index is 0.446. The average Bonchev–Trinajstić information content (AvgIpc) is 2.99. The van der Waals surface area contributed by atoms with Gasteiger partial charge in [-0.25, -0.2) is 4.98 Å². The number of nitrogens with zero attached hydrogens (tertiary/aromatic N) is 2. The summed E-state index contributed by atoms with van der Waals surface area (Å²) < 4.78 is 1.18. The van der Waals surface area contributed by atoms with Crippen molar-refractivity contribution in [3.63, 3.8) is 0 Å². The summed E-state index contributed by atoms with van der Waals surface area (Å²) >= 11 is 1.76. The summed E-state index contributed by atoms with van der Waals surface area (Å²) in [7, 11) is 0.